The van der Waals surface area contributed by atoms with Gasteiger partial charge < -0.3 is 10.4 Å². The van der Waals surface area contributed by atoms with Crippen molar-refractivity contribution in [2.24, 2.45) is 22.2 Å². The van der Waals surface area contributed by atoms with Crippen LogP contribution in [0.25, 0.3) is 0 Å². The summed E-state index contributed by atoms with van der Waals surface area (Å²) < 4.78 is 0. The number of carboxylic acids is 1. The molecule has 0 radical (unpaired) electrons. The molecular weight excluding hydrogens is 254 g/mol. The molecule has 1 aliphatic carbocycles. The number of carboxylic acid groups (broad SMARTS) is 1. The number of rotatable bonds is 5. The minimum Gasteiger partial charge on any atom is -0.481 e. The molecule has 4 heteroatoms. The van der Waals surface area contributed by atoms with Gasteiger partial charge in [0.2, 0.25) is 5.91 Å². The van der Waals surface area contributed by atoms with E-state index in [1.807, 2.05) is 0 Å². The van der Waals surface area contributed by atoms with Crippen molar-refractivity contribution in [2.75, 3.05) is 0 Å². The van der Waals surface area contributed by atoms with Gasteiger partial charge in [0, 0.05) is 12.0 Å². The predicted octanol–water partition coefficient (Wildman–Crippen LogP) is 3.06. The molecule has 1 fully saturated rings. The molecule has 1 aliphatic rings. The molecule has 1 atom stereocenters. The van der Waals surface area contributed by atoms with Crippen molar-refractivity contribution in [3.8, 4) is 0 Å². The van der Waals surface area contributed by atoms with Gasteiger partial charge in [-0.15, -0.1) is 0 Å². The second kappa shape index (κ2) is 5.05. The molecule has 4 nitrogen and oxygen atoms in total. The Morgan fingerprint density at radius 2 is 1.60 bits per heavy atom. The minimum atomic E-state index is -0.867. The van der Waals surface area contributed by atoms with Gasteiger partial charge in [-0.1, -0.05) is 48.5 Å². The summed E-state index contributed by atoms with van der Waals surface area (Å²) in [5.41, 5.74) is -0.0544. The monoisotopic (exact) mass is 283 g/mol. The van der Waals surface area contributed by atoms with Crippen molar-refractivity contribution >= 4 is 11.9 Å². The third-order valence-corrected chi connectivity index (χ3v) is 4.91. The molecule has 1 unspecified atom stereocenters. The molecule has 0 spiro atoms. The van der Waals surface area contributed by atoms with Gasteiger partial charge in [-0.2, -0.15) is 0 Å². The number of hydrogen-bond donors (Lipinski definition) is 2. The van der Waals surface area contributed by atoms with Gasteiger partial charge >= 0.3 is 5.97 Å². The van der Waals surface area contributed by atoms with Gasteiger partial charge in [-0.05, 0) is 22.7 Å². The van der Waals surface area contributed by atoms with E-state index in [1.165, 1.54) is 0 Å². The summed E-state index contributed by atoms with van der Waals surface area (Å²) in [6.45, 7) is 14.5. The largest absolute Gasteiger partial charge is 0.481 e. The van der Waals surface area contributed by atoms with E-state index in [0.717, 1.165) is 0 Å². The molecule has 1 amide bonds. The maximum absolute atomic E-state index is 12.4. The van der Waals surface area contributed by atoms with Gasteiger partial charge in [0.05, 0.1) is 6.42 Å². The zero-order chi connectivity index (χ0) is 15.9. The Morgan fingerprint density at radius 1 is 1.15 bits per heavy atom. The van der Waals surface area contributed by atoms with Crippen LogP contribution in [0.15, 0.2) is 0 Å². The lowest BCUT2D eigenvalue weighted by atomic mass is 9.87. The number of hydrogen-bond acceptors (Lipinski definition) is 2. The Morgan fingerprint density at radius 3 is 1.90 bits per heavy atom. The fraction of sp³-hybridized carbons (Fsp3) is 0.875. The standard InChI is InChI=1S/C16H29NO3/c1-14(2,3)9-10(8-11(18)19)17-13(20)12-15(4,5)16(12,6)7/h10,12H,8-9H2,1-7H3,(H,17,20)(H,18,19). The summed E-state index contributed by atoms with van der Waals surface area (Å²) in [6.07, 6.45) is 0.648. The molecule has 2 N–H and O–H groups in total. The molecule has 0 aliphatic heterocycles. The van der Waals surface area contributed by atoms with Crippen molar-refractivity contribution in [1.82, 2.24) is 5.32 Å². The first-order valence-electron chi connectivity index (χ1n) is 7.31. The summed E-state index contributed by atoms with van der Waals surface area (Å²) in [5, 5.41) is 12.0. The predicted molar refractivity (Wildman–Crippen MR) is 79.3 cm³/mol. The van der Waals surface area contributed by atoms with Crippen LogP contribution in [-0.2, 0) is 9.59 Å². The van der Waals surface area contributed by atoms with E-state index < -0.39 is 5.97 Å². The third-order valence-electron chi connectivity index (χ3n) is 4.91. The maximum atomic E-state index is 12.4. The van der Waals surface area contributed by atoms with Gasteiger partial charge in [-0.3, -0.25) is 9.59 Å². The van der Waals surface area contributed by atoms with Crippen LogP contribution in [0.2, 0.25) is 0 Å². The van der Waals surface area contributed by atoms with E-state index in [9.17, 15) is 9.59 Å². The number of amides is 1. The highest BCUT2D eigenvalue weighted by Gasteiger charge is 2.68. The normalized spacial score (nSPS) is 22.1. The van der Waals surface area contributed by atoms with Crippen molar-refractivity contribution in [3.05, 3.63) is 0 Å². The number of nitrogens with one attached hydrogen (secondary N) is 1. The second-order valence-corrected chi connectivity index (χ2v) is 8.44. The van der Waals surface area contributed by atoms with Crippen LogP contribution in [0.4, 0.5) is 0 Å². The van der Waals surface area contributed by atoms with E-state index >= 15 is 0 Å². The topological polar surface area (TPSA) is 66.4 Å². The Hall–Kier alpha value is -1.06. The van der Waals surface area contributed by atoms with Crippen molar-refractivity contribution in [2.45, 2.75) is 67.3 Å². The van der Waals surface area contributed by atoms with Crippen LogP contribution in [0.3, 0.4) is 0 Å². The van der Waals surface area contributed by atoms with Crippen molar-refractivity contribution < 1.29 is 14.7 Å². The van der Waals surface area contributed by atoms with Crippen LogP contribution in [0, 0.1) is 22.2 Å². The smallest absolute Gasteiger partial charge is 0.305 e. The quantitative estimate of drug-likeness (QED) is 0.815. The van der Waals surface area contributed by atoms with Gasteiger partial charge in [0.15, 0.2) is 0 Å². The highest BCUT2D eigenvalue weighted by molar-refractivity contribution is 5.84. The second-order valence-electron chi connectivity index (χ2n) is 8.44. The van der Waals surface area contributed by atoms with Crippen LogP contribution < -0.4 is 5.32 Å². The first-order chi connectivity index (χ1) is 8.79. The molecule has 1 saturated carbocycles. The summed E-state index contributed by atoms with van der Waals surface area (Å²) in [6, 6.07) is -0.299. The fourth-order valence-corrected chi connectivity index (χ4v) is 3.26. The van der Waals surface area contributed by atoms with Crippen LogP contribution in [0.1, 0.15) is 61.3 Å². The van der Waals surface area contributed by atoms with Crippen LogP contribution >= 0.6 is 0 Å². The summed E-state index contributed by atoms with van der Waals surface area (Å²) in [7, 11) is 0. The van der Waals surface area contributed by atoms with Gasteiger partial charge in [0.25, 0.3) is 0 Å². The average Bonchev–Trinajstić information content (AvgIpc) is 2.51. The first-order valence-corrected chi connectivity index (χ1v) is 7.31. The highest BCUT2D eigenvalue weighted by atomic mass is 16.4. The molecule has 0 bridgehead atoms. The molecular formula is C16H29NO3. The molecule has 1 rings (SSSR count). The molecule has 0 saturated heterocycles. The Bertz CT molecular complexity index is 390. The lowest BCUT2D eigenvalue weighted by molar-refractivity contribution is -0.138. The van der Waals surface area contributed by atoms with Crippen LogP contribution in [-0.4, -0.2) is 23.0 Å². The molecule has 0 aromatic heterocycles. The highest BCUT2D eigenvalue weighted by Crippen LogP contribution is 2.68. The first kappa shape index (κ1) is 17.0. The summed E-state index contributed by atoms with van der Waals surface area (Å²) in [5.74, 6) is -0.907. The molecule has 20 heavy (non-hydrogen) atoms. The van der Waals surface area contributed by atoms with E-state index in [4.69, 9.17) is 5.11 Å². The van der Waals surface area contributed by atoms with E-state index in [2.05, 4.69) is 53.8 Å². The zero-order valence-electron chi connectivity index (χ0n) is 13.8. The maximum Gasteiger partial charge on any atom is 0.305 e. The van der Waals surface area contributed by atoms with Crippen LogP contribution in [0.5, 0.6) is 0 Å². The van der Waals surface area contributed by atoms with Crippen molar-refractivity contribution in [3.63, 3.8) is 0 Å². The average molecular weight is 283 g/mol. The SMILES string of the molecule is CC(C)(C)CC(CC(=O)O)NC(=O)C1C(C)(C)C1(C)C. The van der Waals surface area contributed by atoms with Gasteiger partial charge in [0.1, 0.15) is 0 Å². The Kier molecular flexibility index (Phi) is 4.29. The van der Waals surface area contributed by atoms with E-state index in [-0.39, 0.29) is 40.5 Å². The fourth-order valence-electron chi connectivity index (χ4n) is 3.26. The van der Waals surface area contributed by atoms with Gasteiger partial charge in [-0.25, -0.2) is 0 Å². The number of carbonyl (C=O) groups excluding carboxylic acids is 1. The molecule has 116 valence electrons. The summed E-state index contributed by atoms with van der Waals surface area (Å²) in [4.78, 5) is 23.4. The minimum absolute atomic E-state index is 0.00417. The number of aliphatic carboxylic acids is 1. The zero-order valence-corrected chi connectivity index (χ0v) is 13.8. The lowest BCUT2D eigenvalue weighted by Gasteiger charge is -2.26. The molecule has 0 heterocycles. The van der Waals surface area contributed by atoms with E-state index in [1.54, 1.807) is 0 Å². The lowest BCUT2D eigenvalue weighted by Crippen LogP contribution is -2.40. The van der Waals surface area contributed by atoms with Crippen molar-refractivity contribution in [1.29, 1.82) is 0 Å². The Labute approximate surface area is 122 Å². The number of carbonyl (C=O) groups is 2. The summed E-state index contributed by atoms with van der Waals surface area (Å²) >= 11 is 0. The van der Waals surface area contributed by atoms with E-state index in [0.29, 0.717) is 6.42 Å². The Balaban J connectivity index is 2.71. The molecule has 0 aromatic carbocycles. The molecule has 0 aromatic rings. The third kappa shape index (κ3) is 3.53.